The number of ether oxygens (including phenoxy) is 1. The molecule has 2 aromatic rings. The first-order valence-electron chi connectivity index (χ1n) is 9.66. The van der Waals surface area contributed by atoms with Gasteiger partial charge in [-0.1, -0.05) is 0 Å². The Bertz CT molecular complexity index is 806. The van der Waals surface area contributed by atoms with E-state index >= 15 is 0 Å². The number of hydrogen-bond donors (Lipinski definition) is 4. The average Bonchev–Trinajstić information content (AvgIpc) is 3.12. The fourth-order valence-electron chi connectivity index (χ4n) is 3.99. The molecule has 2 aliphatic rings. The maximum absolute atomic E-state index is 6.82. The number of rotatable bonds is 5. The quantitative estimate of drug-likeness (QED) is 0.646. The van der Waals surface area contributed by atoms with Crippen molar-refractivity contribution in [2.45, 2.75) is 44.3 Å². The van der Waals surface area contributed by atoms with E-state index in [4.69, 9.17) is 16.2 Å². The molecule has 7 nitrogen and oxygen atoms in total. The van der Waals surface area contributed by atoms with Crippen molar-refractivity contribution < 1.29 is 4.74 Å². The van der Waals surface area contributed by atoms with Crippen molar-refractivity contribution in [1.82, 2.24) is 9.66 Å². The van der Waals surface area contributed by atoms with Crippen molar-refractivity contribution >= 4 is 11.4 Å². The lowest BCUT2D eigenvalue weighted by Gasteiger charge is -2.42. The number of nitrogens with zero attached hydrogens (tertiary/aromatic N) is 2. The van der Waals surface area contributed by atoms with Gasteiger partial charge in [-0.3, -0.25) is 0 Å². The summed E-state index contributed by atoms with van der Waals surface area (Å²) in [4.78, 5) is 4.47. The first-order valence-corrected chi connectivity index (χ1v) is 9.66. The summed E-state index contributed by atoms with van der Waals surface area (Å²) in [6.45, 7) is 2.63. The van der Waals surface area contributed by atoms with Gasteiger partial charge >= 0.3 is 0 Å². The average molecular weight is 368 g/mol. The van der Waals surface area contributed by atoms with E-state index in [1.54, 1.807) is 6.20 Å². The summed E-state index contributed by atoms with van der Waals surface area (Å²) < 4.78 is 7.42. The Labute approximate surface area is 159 Å². The van der Waals surface area contributed by atoms with Gasteiger partial charge < -0.3 is 26.9 Å². The van der Waals surface area contributed by atoms with E-state index in [9.17, 15) is 0 Å². The van der Waals surface area contributed by atoms with Crippen LogP contribution in [0.4, 0.5) is 5.69 Å². The molecule has 144 valence electrons. The Balaban J connectivity index is 1.59. The number of anilines is 1. The third kappa shape index (κ3) is 3.65. The van der Waals surface area contributed by atoms with Crippen LogP contribution in [0.5, 0.6) is 5.75 Å². The zero-order chi connectivity index (χ0) is 18.9. The summed E-state index contributed by atoms with van der Waals surface area (Å²) in [7, 11) is 0. The molecule has 1 atom stereocenters. The molecule has 27 heavy (non-hydrogen) atoms. The van der Waals surface area contributed by atoms with Gasteiger partial charge in [0.2, 0.25) is 0 Å². The molecule has 6 N–H and O–H groups in total. The first-order chi connectivity index (χ1) is 13.1. The second-order valence-electron chi connectivity index (χ2n) is 7.42. The fraction of sp³-hybridized carbons (Fsp3) is 0.450. The van der Waals surface area contributed by atoms with Crippen molar-refractivity contribution in [3.63, 3.8) is 0 Å². The highest BCUT2D eigenvalue weighted by Crippen LogP contribution is 2.35. The molecule has 1 aromatic carbocycles. The predicted octanol–water partition coefficient (Wildman–Crippen LogP) is 2.46. The smallest absolute Gasteiger partial charge is 0.174 e. The van der Waals surface area contributed by atoms with E-state index in [1.165, 1.54) is 0 Å². The third-order valence-electron chi connectivity index (χ3n) is 5.47. The molecular formula is C20H28N6O. The van der Waals surface area contributed by atoms with E-state index < -0.39 is 5.66 Å². The fourth-order valence-corrected chi connectivity index (χ4v) is 3.99. The van der Waals surface area contributed by atoms with Crippen molar-refractivity contribution in [2.24, 2.45) is 17.4 Å². The summed E-state index contributed by atoms with van der Waals surface area (Å²) in [5, 5.41) is 3.47. The van der Waals surface area contributed by atoms with E-state index in [0.717, 1.165) is 48.6 Å². The van der Waals surface area contributed by atoms with Gasteiger partial charge in [0.1, 0.15) is 11.4 Å². The SMILES string of the molecule is CCOc1ccc(NC2=CC(N)(C3CCC(N)CC3)Nn3ccnc32)cc1. The van der Waals surface area contributed by atoms with Crippen LogP contribution in [0.25, 0.3) is 5.70 Å². The van der Waals surface area contributed by atoms with E-state index in [2.05, 4.69) is 21.8 Å². The second-order valence-corrected chi connectivity index (χ2v) is 7.42. The van der Waals surface area contributed by atoms with Crippen LogP contribution in [0.2, 0.25) is 0 Å². The minimum atomic E-state index is -0.637. The minimum Gasteiger partial charge on any atom is -0.494 e. The molecule has 1 aromatic heterocycles. The Morgan fingerprint density at radius 2 is 2.00 bits per heavy atom. The molecule has 0 saturated heterocycles. The van der Waals surface area contributed by atoms with Crippen molar-refractivity contribution in [3.8, 4) is 5.75 Å². The number of aromatic nitrogens is 2. The van der Waals surface area contributed by atoms with Crippen LogP contribution in [0.15, 0.2) is 42.7 Å². The molecule has 0 amide bonds. The molecule has 1 fully saturated rings. The largest absolute Gasteiger partial charge is 0.494 e. The Hall–Kier alpha value is -2.51. The van der Waals surface area contributed by atoms with Crippen LogP contribution in [-0.2, 0) is 0 Å². The number of imidazole rings is 1. The number of hydrogen-bond acceptors (Lipinski definition) is 6. The van der Waals surface area contributed by atoms with Crippen LogP contribution < -0.4 is 26.9 Å². The third-order valence-corrected chi connectivity index (χ3v) is 5.47. The molecule has 2 heterocycles. The highest BCUT2D eigenvalue weighted by molar-refractivity contribution is 5.76. The number of nitrogens with one attached hydrogen (secondary N) is 2. The molecule has 0 spiro atoms. The zero-order valence-electron chi connectivity index (χ0n) is 15.7. The van der Waals surface area contributed by atoms with Crippen LogP contribution in [0.1, 0.15) is 38.4 Å². The standard InChI is InChI=1S/C20H28N6O/c1-2-27-17-9-7-16(8-10-17)24-18-13-20(22,14-3-5-15(21)6-4-14)25-26-12-11-23-19(18)26/h7-15,24-25H,2-6,21-22H2,1H3. The van der Waals surface area contributed by atoms with Crippen molar-refractivity contribution in [3.05, 3.63) is 48.6 Å². The Morgan fingerprint density at radius 3 is 2.70 bits per heavy atom. The zero-order valence-corrected chi connectivity index (χ0v) is 15.7. The lowest BCUT2D eigenvalue weighted by molar-refractivity contribution is 0.239. The first kappa shape index (κ1) is 17.9. The van der Waals surface area contributed by atoms with Gasteiger partial charge in [0, 0.05) is 30.0 Å². The van der Waals surface area contributed by atoms with Crippen LogP contribution in [0, 0.1) is 5.92 Å². The summed E-state index contributed by atoms with van der Waals surface area (Å²) >= 11 is 0. The molecule has 1 aliphatic heterocycles. The second kappa shape index (κ2) is 7.25. The van der Waals surface area contributed by atoms with Gasteiger partial charge in [-0.2, -0.15) is 0 Å². The normalized spacial score (nSPS) is 27.3. The van der Waals surface area contributed by atoms with Gasteiger partial charge in [0.05, 0.1) is 12.3 Å². The van der Waals surface area contributed by atoms with Crippen LogP contribution in [0.3, 0.4) is 0 Å². The van der Waals surface area contributed by atoms with Crippen molar-refractivity contribution in [1.29, 1.82) is 0 Å². The predicted molar refractivity (Wildman–Crippen MR) is 108 cm³/mol. The highest BCUT2D eigenvalue weighted by Gasteiger charge is 2.39. The number of fused-ring (bicyclic) bond motifs is 1. The summed E-state index contributed by atoms with van der Waals surface area (Å²) in [5.41, 5.74) is 17.6. The molecule has 0 radical (unpaired) electrons. The molecular weight excluding hydrogens is 340 g/mol. The van der Waals surface area contributed by atoms with E-state index in [-0.39, 0.29) is 0 Å². The Morgan fingerprint density at radius 1 is 1.26 bits per heavy atom. The maximum atomic E-state index is 6.82. The molecule has 1 unspecified atom stereocenters. The summed E-state index contributed by atoms with van der Waals surface area (Å²) in [6.07, 6.45) is 9.81. The monoisotopic (exact) mass is 368 g/mol. The van der Waals surface area contributed by atoms with Gasteiger partial charge in [0.15, 0.2) is 5.82 Å². The summed E-state index contributed by atoms with van der Waals surface area (Å²) in [6, 6.07) is 8.21. The lowest BCUT2D eigenvalue weighted by Crippen LogP contribution is -2.58. The van der Waals surface area contributed by atoms with Crippen LogP contribution >= 0.6 is 0 Å². The molecule has 0 bridgehead atoms. The molecule has 1 saturated carbocycles. The van der Waals surface area contributed by atoms with Crippen molar-refractivity contribution in [2.75, 3.05) is 17.3 Å². The van der Waals surface area contributed by atoms with E-state index in [1.807, 2.05) is 42.1 Å². The number of benzene rings is 1. The topological polar surface area (TPSA) is 103 Å². The molecule has 7 heteroatoms. The molecule has 4 rings (SSSR count). The maximum Gasteiger partial charge on any atom is 0.174 e. The summed E-state index contributed by atoms with van der Waals surface area (Å²) in [5.74, 6) is 2.00. The van der Waals surface area contributed by atoms with Gasteiger partial charge in [-0.05, 0) is 62.9 Å². The van der Waals surface area contributed by atoms with Gasteiger partial charge in [-0.25, -0.2) is 9.66 Å². The number of nitrogens with two attached hydrogens (primary N) is 2. The van der Waals surface area contributed by atoms with Gasteiger partial charge in [-0.15, -0.1) is 0 Å². The highest BCUT2D eigenvalue weighted by atomic mass is 16.5. The Kier molecular flexibility index (Phi) is 4.80. The molecule has 1 aliphatic carbocycles. The van der Waals surface area contributed by atoms with Gasteiger partial charge in [0.25, 0.3) is 0 Å². The van der Waals surface area contributed by atoms with Crippen LogP contribution in [-0.4, -0.2) is 28.0 Å². The lowest BCUT2D eigenvalue weighted by atomic mass is 9.78. The van der Waals surface area contributed by atoms with E-state index in [0.29, 0.717) is 18.6 Å². The minimum absolute atomic E-state index is 0.294.